The Kier molecular flexibility index (Phi) is 2.52. The molecule has 0 bridgehead atoms. The standard InChI is InChI=1S/C13H24N2/c1-13(6-3-7-13)15-9-12-11-5-2-4-10(11)8-14-12/h10-12,14-15H,2-9H2,1H3. The van der Waals surface area contributed by atoms with Gasteiger partial charge in [0.05, 0.1) is 0 Å². The zero-order chi connectivity index (χ0) is 10.3. The van der Waals surface area contributed by atoms with Crippen LogP contribution < -0.4 is 10.6 Å². The first-order valence-electron chi connectivity index (χ1n) is 6.75. The van der Waals surface area contributed by atoms with Crippen LogP contribution in [-0.2, 0) is 0 Å². The molecule has 0 aromatic heterocycles. The summed E-state index contributed by atoms with van der Waals surface area (Å²) in [7, 11) is 0. The fourth-order valence-corrected chi connectivity index (χ4v) is 3.77. The second kappa shape index (κ2) is 3.74. The van der Waals surface area contributed by atoms with E-state index in [4.69, 9.17) is 0 Å². The lowest BCUT2D eigenvalue weighted by Gasteiger charge is -2.40. The third kappa shape index (κ3) is 1.83. The Morgan fingerprint density at radius 3 is 2.87 bits per heavy atom. The minimum Gasteiger partial charge on any atom is -0.312 e. The molecule has 0 aromatic carbocycles. The third-order valence-corrected chi connectivity index (χ3v) is 5.08. The minimum atomic E-state index is 0.484. The summed E-state index contributed by atoms with van der Waals surface area (Å²) in [6, 6.07) is 0.773. The average Bonchev–Trinajstić information content (AvgIpc) is 2.73. The molecule has 3 unspecified atom stereocenters. The van der Waals surface area contributed by atoms with Gasteiger partial charge in [0.2, 0.25) is 0 Å². The molecule has 2 saturated carbocycles. The summed E-state index contributed by atoms with van der Waals surface area (Å²) in [5.74, 6) is 1.99. The lowest BCUT2D eigenvalue weighted by molar-refractivity contribution is 0.197. The number of nitrogens with one attached hydrogen (secondary N) is 2. The first-order chi connectivity index (χ1) is 7.27. The van der Waals surface area contributed by atoms with Crippen molar-refractivity contribution in [3.63, 3.8) is 0 Å². The lowest BCUT2D eigenvalue weighted by atomic mass is 9.78. The molecule has 3 fully saturated rings. The van der Waals surface area contributed by atoms with Crippen LogP contribution in [0.25, 0.3) is 0 Å². The summed E-state index contributed by atoms with van der Waals surface area (Å²) in [4.78, 5) is 0. The molecule has 0 aromatic rings. The molecule has 3 aliphatic rings. The number of hydrogen-bond acceptors (Lipinski definition) is 2. The number of rotatable bonds is 3. The predicted octanol–water partition coefficient (Wildman–Crippen LogP) is 1.91. The van der Waals surface area contributed by atoms with E-state index in [9.17, 15) is 0 Å². The molecular formula is C13H24N2. The molecule has 2 N–H and O–H groups in total. The molecule has 2 nitrogen and oxygen atoms in total. The summed E-state index contributed by atoms with van der Waals surface area (Å²) < 4.78 is 0. The second-order valence-corrected chi connectivity index (χ2v) is 6.16. The maximum atomic E-state index is 3.79. The van der Waals surface area contributed by atoms with Crippen LogP contribution in [0.15, 0.2) is 0 Å². The van der Waals surface area contributed by atoms with Crippen LogP contribution in [0.1, 0.15) is 45.4 Å². The average molecular weight is 208 g/mol. The fourth-order valence-electron chi connectivity index (χ4n) is 3.77. The molecule has 2 heteroatoms. The molecule has 3 atom stereocenters. The van der Waals surface area contributed by atoms with Crippen molar-refractivity contribution in [3.05, 3.63) is 0 Å². The number of hydrogen-bond donors (Lipinski definition) is 2. The van der Waals surface area contributed by atoms with Gasteiger partial charge in [0.25, 0.3) is 0 Å². The van der Waals surface area contributed by atoms with E-state index in [1.54, 1.807) is 0 Å². The third-order valence-electron chi connectivity index (χ3n) is 5.08. The quantitative estimate of drug-likeness (QED) is 0.740. The van der Waals surface area contributed by atoms with Crippen molar-refractivity contribution in [1.29, 1.82) is 0 Å². The molecule has 0 spiro atoms. The van der Waals surface area contributed by atoms with E-state index in [2.05, 4.69) is 17.6 Å². The largest absolute Gasteiger partial charge is 0.312 e. The Labute approximate surface area is 93.2 Å². The summed E-state index contributed by atoms with van der Waals surface area (Å²) >= 11 is 0. The molecule has 1 aliphatic heterocycles. The van der Waals surface area contributed by atoms with Gasteiger partial charge in [0, 0.05) is 18.1 Å². The first kappa shape index (κ1) is 10.1. The van der Waals surface area contributed by atoms with Crippen LogP contribution in [0.2, 0.25) is 0 Å². The van der Waals surface area contributed by atoms with Gasteiger partial charge in [0.15, 0.2) is 0 Å². The van der Waals surface area contributed by atoms with E-state index in [0.29, 0.717) is 5.54 Å². The van der Waals surface area contributed by atoms with E-state index in [0.717, 1.165) is 17.9 Å². The van der Waals surface area contributed by atoms with Gasteiger partial charge in [-0.15, -0.1) is 0 Å². The maximum absolute atomic E-state index is 3.79. The lowest BCUT2D eigenvalue weighted by Crippen LogP contribution is -2.52. The first-order valence-corrected chi connectivity index (χ1v) is 6.75. The van der Waals surface area contributed by atoms with Gasteiger partial charge in [-0.3, -0.25) is 0 Å². The van der Waals surface area contributed by atoms with Crippen LogP contribution >= 0.6 is 0 Å². The van der Waals surface area contributed by atoms with E-state index < -0.39 is 0 Å². The highest BCUT2D eigenvalue weighted by atomic mass is 15.1. The topological polar surface area (TPSA) is 24.1 Å². The van der Waals surface area contributed by atoms with Crippen molar-refractivity contribution in [2.24, 2.45) is 11.8 Å². The van der Waals surface area contributed by atoms with Crippen LogP contribution in [0.3, 0.4) is 0 Å². The van der Waals surface area contributed by atoms with Crippen LogP contribution in [-0.4, -0.2) is 24.7 Å². The van der Waals surface area contributed by atoms with Crippen molar-refractivity contribution in [2.45, 2.75) is 57.0 Å². The smallest absolute Gasteiger partial charge is 0.0224 e. The van der Waals surface area contributed by atoms with Crippen molar-refractivity contribution in [3.8, 4) is 0 Å². The second-order valence-electron chi connectivity index (χ2n) is 6.16. The van der Waals surface area contributed by atoms with E-state index in [1.165, 1.54) is 51.6 Å². The van der Waals surface area contributed by atoms with Crippen LogP contribution in [0, 0.1) is 11.8 Å². The van der Waals surface area contributed by atoms with Gasteiger partial charge >= 0.3 is 0 Å². The van der Waals surface area contributed by atoms with Gasteiger partial charge in [0.1, 0.15) is 0 Å². The van der Waals surface area contributed by atoms with E-state index in [-0.39, 0.29) is 0 Å². The molecule has 0 radical (unpaired) electrons. The van der Waals surface area contributed by atoms with Gasteiger partial charge in [-0.05, 0) is 57.4 Å². The summed E-state index contributed by atoms with van der Waals surface area (Å²) in [5.41, 5.74) is 0.484. The summed E-state index contributed by atoms with van der Waals surface area (Å²) in [5, 5.41) is 7.50. The Balaban J connectivity index is 1.51. The molecule has 3 rings (SSSR count). The molecule has 86 valence electrons. The Bertz CT molecular complexity index is 235. The zero-order valence-corrected chi connectivity index (χ0v) is 9.89. The molecule has 15 heavy (non-hydrogen) atoms. The van der Waals surface area contributed by atoms with Crippen LogP contribution in [0.5, 0.6) is 0 Å². The van der Waals surface area contributed by atoms with Gasteiger partial charge in [-0.25, -0.2) is 0 Å². The van der Waals surface area contributed by atoms with Gasteiger partial charge in [-0.1, -0.05) is 6.42 Å². The Morgan fingerprint density at radius 1 is 1.27 bits per heavy atom. The molecule has 2 aliphatic carbocycles. The van der Waals surface area contributed by atoms with Gasteiger partial charge < -0.3 is 10.6 Å². The summed E-state index contributed by atoms with van der Waals surface area (Å²) in [6.07, 6.45) is 8.62. The van der Waals surface area contributed by atoms with Crippen molar-refractivity contribution >= 4 is 0 Å². The minimum absolute atomic E-state index is 0.484. The van der Waals surface area contributed by atoms with E-state index >= 15 is 0 Å². The van der Waals surface area contributed by atoms with Crippen molar-refractivity contribution in [1.82, 2.24) is 10.6 Å². The zero-order valence-electron chi connectivity index (χ0n) is 9.89. The fraction of sp³-hybridized carbons (Fsp3) is 1.00. The van der Waals surface area contributed by atoms with Crippen LogP contribution in [0.4, 0.5) is 0 Å². The monoisotopic (exact) mass is 208 g/mol. The molecule has 0 amide bonds. The Morgan fingerprint density at radius 2 is 2.13 bits per heavy atom. The molecule has 1 heterocycles. The van der Waals surface area contributed by atoms with Gasteiger partial charge in [-0.2, -0.15) is 0 Å². The predicted molar refractivity (Wildman–Crippen MR) is 62.9 cm³/mol. The molecule has 1 saturated heterocycles. The summed E-state index contributed by atoms with van der Waals surface area (Å²) in [6.45, 7) is 4.88. The van der Waals surface area contributed by atoms with Crippen molar-refractivity contribution in [2.75, 3.05) is 13.1 Å². The highest BCUT2D eigenvalue weighted by Crippen LogP contribution is 2.38. The molecular weight excluding hydrogens is 184 g/mol. The highest BCUT2D eigenvalue weighted by Gasteiger charge is 2.40. The van der Waals surface area contributed by atoms with E-state index in [1.807, 2.05) is 0 Å². The Hall–Kier alpha value is -0.0800. The SMILES string of the molecule is CC1(NCC2NCC3CCCC32)CCC1. The highest BCUT2D eigenvalue weighted by molar-refractivity contribution is 4.98. The maximum Gasteiger partial charge on any atom is 0.0224 e. The normalized spacial score (nSPS) is 42.6. The van der Waals surface area contributed by atoms with Crippen molar-refractivity contribution < 1.29 is 0 Å². The number of fused-ring (bicyclic) bond motifs is 1.